The van der Waals surface area contributed by atoms with E-state index < -0.39 is 6.10 Å². The van der Waals surface area contributed by atoms with Crippen LogP contribution in [0.3, 0.4) is 0 Å². The minimum atomic E-state index is -0.777. The first-order valence-electron chi connectivity index (χ1n) is 21.0. The maximum Gasteiger partial charge on any atom is 0.306 e. The molecule has 0 aromatic rings. The van der Waals surface area contributed by atoms with Crippen LogP contribution in [0.1, 0.15) is 213 Å². The van der Waals surface area contributed by atoms with E-state index in [1.807, 2.05) is 0 Å². The molecule has 0 unspecified atom stereocenters. The second-order valence-electron chi connectivity index (χ2n) is 14.1. The van der Waals surface area contributed by atoms with Crippen LogP contribution < -0.4 is 0 Å². The molecular weight excluding hydrogens is 608 g/mol. The molecule has 0 aromatic heterocycles. The van der Waals surface area contributed by atoms with Crippen LogP contribution in [0, 0.1) is 0 Å². The second-order valence-corrected chi connectivity index (χ2v) is 14.1. The highest BCUT2D eigenvalue weighted by atomic mass is 16.6. The Hall–Kier alpha value is -1.88. The van der Waals surface area contributed by atoms with Crippen LogP contribution in [0.2, 0.25) is 0 Å². The van der Waals surface area contributed by atoms with Gasteiger partial charge in [-0.2, -0.15) is 0 Å². The number of ether oxygens (including phenoxy) is 2. The smallest absolute Gasteiger partial charge is 0.306 e. The highest BCUT2D eigenvalue weighted by molar-refractivity contribution is 5.70. The van der Waals surface area contributed by atoms with Gasteiger partial charge >= 0.3 is 11.9 Å². The van der Waals surface area contributed by atoms with E-state index in [9.17, 15) is 14.7 Å². The number of unbranched alkanes of at least 4 members (excludes halogenated alkanes) is 24. The number of aliphatic hydroxyl groups is 1. The van der Waals surface area contributed by atoms with Crippen molar-refractivity contribution in [2.45, 2.75) is 219 Å². The number of carbonyl (C=O) groups is 2. The fourth-order valence-electron chi connectivity index (χ4n) is 5.97. The number of hydrogen-bond acceptors (Lipinski definition) is 5. The molecular formula is C44H80O5. The van der Waals surface area contributed by atoms with Gasteiger partial charge in [-0.05, 0) is 51.4 Å². The quantitative estimate of drug-likeness (QED) is 0.0397. The van der Waals surface area contributed by atoms with Gasteiger partial charge in [0.25, 0.3) is 0 Å². The maximum absolute atomic E-state index is 12.2. The number of esters is 2. The lowest BCUT2D eigenvalue weighted by molar-refractivity contribution is -0.161. The Morgan fingerprint density at radius 2 is 0.816 bits per heavy atom. The molecule has 0 radical (unpaired) electrons. The van der Waals surface area contributed by atoms with Crippen molar-refractivity contribution in [3.8, 4) is 0 Å². The molecule has 0 aliphatic rings. The van der Waals surface area contributed by atoms with Gasteiger partial charge in [-0.15, -0.1) is 0 Å². The van der Waals surface area contributed by atoms with Crippen LogP contribution in [-0.2, 0) is 19.1 Å². The third kappa shape index (κ3) is 38.8. The van der Waals surface area contributed by atoms with E-state index in [2.05, 4.69) is 50.3 Å². The van der Waals surface area contributed by atoms with Crippen LogP contribution >= 0.6 is 0 Å². The number of rotatable bonds is 38. The Bertz CT molecular complexity index is 786. The number of aliphatic hydroxyl groups excluding tert-OH is 1. The van der Waals surface area contributed by atoms with E-state index in [0.29, 0.717) is 12.8 Å². The highest BCUT2D eigenvalue weighted by Crippen LogP contribution is 2.15. The molecule has 0 aromatic carbocycles. The zero-order valence-electron chi connectivity index (χ0n) is 32.5. The first-order chi connectivity index (χ1) is 24.1. The average molecular weight is 689 g/mol. The summed E-state index contributed by atoms with van der Waals surface area (Å²) in [5.74, 6) is -0.609. The third-order valence-corrected chi connectivity index (χ3v) is 9.19. The van der Waals surface area contributed by atoms with Crippen molar-refractivity contribution in [2.75, 3.05) is 13.2 Å². The summed E-state index contributed by atoms with van der Waals surface area (Å²) < 4.78 is 10.6. The van der Waals surface area contributed by atoms with E-state index in [4.69, 9.17) is 9.47 Å². The van der Waals surface area contributed by atoms with Gasteiger partial charge < -0.3 is 14.6 Å². The molecule has 1 N–H and O–H groups in total. The second kappa shape index (κ2) is 40.5. The third-order valence-electron chi connectivity index (χ3n) is 9.19. The van der Waals surface area contributed by atoms with Gasteiger partial charge in [0.2, 0.25) is 0 Å². The minimum Gasteiger partial charge on any atom is -0.462 e. The van der Waals surface area contributed by atoms with E-state index in [1.54, 1.807) is 0 Å². The molecule has 0 aliphatic heterocycles. The van der Waals surface area contributed by atoms with Crippen LogP contribution in [0.15, 0.2) is 36.5 Å². The maximum atomic E-state index is 12.2. The highest BCUT2D eigenvalue weighted by Gasteiger charge is 2.16. The van der Waals surface area contributed by atoms with Crippen LogP contribution in [0.4, 0.5) is 0 Å². The molecule has 0 bridgehead atoms. The Labute approximate surface area is 304 Å². The van der Waals surface area contributed by atoms with E-state index >= 15 is 0 Å². The molecule has 0 aliphatic carbocycles. The normalized spacial score (nSPS) is 12.5. The molecule has 286 valence electrons. The molecule has 0 heterocycles. The van der Waals surface area contributed by atoms with E-state index in [0.717, 1.165) is 64.2 Å². The van der Waals surface area contributed by atoms with Gasteiger partial charge in [-0.3, -0.25) is 9.59 Å². The van der Waals surface area contributed by atoms with Crippen LogP contribution in [0.25, 0.3) is 0 Å². The Kier molecular flexibility index (Phi) is 39.0. The van der Waals surface area contributed by atoms with Gasteiger partial charge in [0.15, 0.2) is 6.10 Å². The lowest BCUT2D eigenvalue weighted by atomic mass is 10.0. The Balaban J connectivity index is 3.56. The fraction of sp³-hybridized carbons (Fsp3) is 0.818. The van der Waals surface area contributed by atoms with Gasteiger partial charge in [0.1, 0.15) is 6.61 Å². The largest absolute Gasteiger partial charge is 0.462 e. The minimum absolute atomic E-state index is 0.0747. The molecule has 1 atom stereocenters. The van der Waals surface area contributed by atoms with E-state index in [1.165, 1.54) is 122 Å². The van der Waals surface area contributed by atoms with Crippen LogP contribution in [-0.4, -0.2) is 36.4 Å². The van der Waals surface area contributed by atoms with Gasteiger partial charge in [-0.25, -0.2) is 0 Å². The SMILES string of the molecule is CCCCC/C=C\C/C=C\C/C=C\CCCCCCC(=O)OC[C@H](CO)OC(=O)CCCCCCCCCCCCCCCCCCCC. The summed E-state index contributed by atoms with van der Waals surface area (Å²) in [4.78, 5) is 24.3. The predicted octanol–water partition coefficient (Wildman–Crippen LogP) is 13.2. The summed E-state index contributed by atoms with van der Waals surface area (Å²) in [5.41, 5.74) is 0. The number of allylic oxidation sites excluding steroid dienone is 6. The van der Waals surface area contributed by atoms with Crippen molar-refractivity contribution in [1.82, 2.24) is 0 Å². The number of hydrogen-bond donors (Lipinski definition) is 1. The monoisotopic (exact) mass is 689 g/mol. The fourth-order valence-corrected chi connectivity index (χ4v) is 5.97. The Morgan fingerprint density at radius 3 is 1.27 bits per heavy atom. The molecule has 5 heteroatoms. The van der Waals surface area contributed by atoms with Crippen molar-refractivity contribution < 1.29 is 24.2 Å². The predicted molar refractivity (Wildman–Crippen MR) is 210 cm³/mol. The first kappa shape index (κ1) is 47.1. The molecule has 49 heavy (non-hydrogen) atoms. The van der Waals surface area contributed by atoms with Crippen molar-refractivity contribution >= 4 is 11.9 Å². The first-order valence-corrected chi connectivity index (χ1v) is 21.0. The van der Waals surface area contributed by atoms with Crippen LogP contribution in [0.5, 0.6) is 0 Å². The van der Waals surface area contributed by atoms with Gasteiger partial charge in [-0.1, -0.05) is 185 Å². The molecule has 0 fully saturated rings. The molecule has 5 nitrogen and oxygen atoms in total. The van der Waals surface area contributed by atoms with Gasteiger partial charge in [0.05, 0.1) is 6.61 Å². The summed E-state index contributed by atoms with van der Waals surface area (Å²) in [6.45, 7) is 4.11. The summed E-state index contributed by atoms with van der Waals surface area (Å²) in [6, 6.07) is 0. The standard InChI is InChI=1S/C44H80O5/c1-3-5-7-9-11-13-15-17-19-21-23-25-27-29-31-33-35-37-39-44(47)49-42(40-45)41-48-43(46)38-36-34-32-30-28-26-24-22-20-18-16-14-12-10-8-6-4-2/h12,14,18,20,24,26,42,45H,3-11,13,15-17,19,21-23,25,27-41H2,1-2H3/b14-12-,20-18-,26-24-/t42-/m0/s1. The lowest BCUT2D eigenvalue weighted by Crippen LogP contribution is -2.28. The molecule has 0 saturated carbocycles. The number of carbonyl (C=O) groups excluding carboxylic acids is 2. The van der Waals surface area contributed by atoms with E-state index in [-0.39, 0.29) is 25.2 Å². The lowest BCUT2D eigenvalue weighted by Gasteiger charge is -2.15. The Morgan fingerprint density at radius 1 is 0.469 bits per heavy atom. The summed E-state index contributed by atoms with van der Waals surface area (Å²) in [5, 5.41) is 9.57. The van der Waals surface area contributed by atoms with Gasteiger partial charge in [0, 0.05) is 12.8 Å². The van der Waals surface area contributed by atoms with Crippen molar-refractivity contribution in [1.29, 1.82) is 0 Å². The molecule has 0 rings (SSSR count). The van der Waals surface area contributed by atoms with Crippen molar-refractivity contribution in [3.63, 3.8) is 0 Å². The zero-order valence-corrected chi connectivity index (χ0v) is 32.5. The summed E-state index contributed by atoms with van der Waals surface area (Å²) in [7, 11) is 0. The zero-order chi connectivity index (χ0) is 35.7. The summed E-state index contributed by atoms with van der Waals surface area (Å²) in [6.07, 6.45) is 49.2. The average Bonchev–Trinajstić information content (AvgIpc) is 3.10. The van der Waals surface area contributed by atoms with Crippen molar-refractivity contribution in [2.24, 2.45) is 0 Å². The van der Waals surface area contributed by atoms with Crippen molar-refractivity contribution in [3.05, 3.63) is 36.5 Å². The molecule has 0 spiro atoms. The molecule has 0 saturated heterocycles. The summed E-state index contributed by atoms with van der Waals surface area (Å²) >= 11 is 0. The topological polar surface area (TPSA) is 72.8 Å². The molecule has 0 amide bonds.